The number of hydrogen-bond acceptors (Lipinski definition) is 5. The number of nitrogens with zero attached hydrogens (tertiary/aromatic N) is 3. The lowest BCUT2D eigenvalue weighted by Gasteiger charge is -2.10. The summed E-state index contributed by atoms with van der Waals surface area (Å²) in [5, 5.41) is 6.95. The van der Waals surface area contributed by atoms with Gasteiger partial charge in [0.15, 0.2) is 0 Å². The number of pyridine rings is 1. The van der Waals surface area contributed by atoms with Gasteiger partial charge in [-0.1, -0.05) is 0 Å². The number of halogens is 4. The molecule has 0 aliphatic heterocycles. The second-order valence-electron chi connectivity index (χ2n) is 5.98. The fourth-order valence-electron chi connectivity index (χ4n) is 2.62. The first-order valence-corrected chi connectivity index (χ1v) is 9.39. The number of thiophene rings is 1. The molecule has 0 atom stereocenters. The van der Waals surface area contributed by atoms with Crippen molar-refractivity contribution < 1.29 is 22.8 Å². The highest BCUT2D eigenvalue weighted by atomic mass is 79.9. The summed E-state index contributed by atoms with van der Waals surface area (Å²) in [4.78, 5) is 27.7. The maximum absolute atomic E-state index is 13.0. The lowest BCUT2D eigenvalue weighted by molar-refractivity contribution is -0.141. The van der Waals surface area contributed by atoms with Gasteiger partial charge in [-0.05, 0) is 41.4 Å². The van der Waals surface area contributed by atoms with Crippen molar-refractivity contribution in [2.75, 3.05) is 5.32 Å². The van der Waals surface area contributed by atoms with Gasteiger partial charge in [0.05, 0.1) is 15.9 Å². The summed E-state index contributed by atoms with van der Waals surface area (Å²) in [5.74, 6) is -1.39. The largest absolute Gasteiger partial charge is 0.433 e. The van der Waals surface area contributed by atoms with Crippen molar-refractivity contribution in [1.29, 1.82) is 0 Å². The van der Waals surface area contributed by atoms with Crippen molar-refractivity contribution in [3.8, 4) is 0 Å². The van der Waals surface area contributed by atoms with Crippen molar-refractivity contribution in [1.82, 2.24) is 14.8 Å². The molecule has 0 aliphatic carbocycles. The smallest absolute Gasteiger partial charge is 0.365 e. The van der Waals surface area contributed by atoms with Crippen molar-refractivity contribution in [2.24, 2.45) is 5.73 Å². The Morgan fingerprint density at radius 3 is 2.57 bits per heavy atom. The van der Waals surface area contributed by atoms with Gasteiger partial charge in [0, 0.05) is 11.6 Å². The van der Waals surface area contributed by atoms with Gasteiger partial charge >= 0.3 is 6.18 Å². The number of fused-ring (bicyclic) bond motifs is 1. The normalized spacial score (nSPS) is 11.8. The van der Waals surface area contributed by atoms with E-state index in [-0.39, 0.29) is 32.9 Å². The SMILES string of the molecule is Cc1nn(CC(=O)Nc2c(C(N)=O)sc3nc(C(F)(F)F)cc(C)c23)cc1Br. The lowest BCUT2D eigenvalue weighted by atomic mass is 10.1. The number of carbonyl (C=O) groups is 2. The summed E-state index contributed by atoms with van der Waals surface area (Å²) in [7, 11) is 0. The molecule has 2 amide bonds. The van der Waals surface area contributed by atoms with E-state index in [1.165, 1.54) is 11.6 Å². The van der Waals surface area contributed by atoms with Crippen molar-refractivity contribution >= 4 is 55.0 Å². The van der Waals surface area contributed by atoms with Gasteiger partial charge in [-0.3, -0.25) is 14.3 Å². The Morgan fingerprint density at radius 1 is 1.36 bits per heavy atom. The second-order valence-corrected chi connectivity index (χ2v) is 7.83. The number of anilines is 1. The van der Waals surface area contributed by atoms with E-state index in [2.05, 4.69) is 31.3 Å². The summed E-state index contributed by atoms with van der Waals surface area (Å²) >= 11 is 3.99. The molecule has 0 unspecified atom stereocenters. The zero-order chi connectivity index (χ0) is 20.8. The van der Waals surface area contributed by atoms with E-state index in [4.69, 9.17) is 5.73 Å². The molecule has 3 heterocycles. The standard InChI is InChI=1S/C16H13BrF3N5O2S/c1-6-3-9(16(18,19)20)22-15-11(6)12(13(28-15)14(21)27)23-10(26)5-25-4-8(17)7(2)24-25/h3-4H,5H2,1-2H3,(H2,21,27)(H,23,26). The van der Waals surface area contributed by atoms with Crippen molar-refractivity contribution in [3.05, 3.63) is 38.6 Å². The number of aryl methyl sites for hydroxylation is 2. The molecule has 148 valence electrons. The Kier molecular flexibility index (Phi) is 5.19. The molecule has 0 saturated heterocycles. The van der Waals surface area contributed by atoms with Crippen LogP contribution in [0.1, 0.15) is 26.6 Å². The van der Waals surface area contributed by atoms with Crippen LogP contribution in [-0.2, 0) is 17.5 Å². The van der Waals surface area contributed by atoms with E-state index < -0.39 is 23.7 Å². The summed E-state index contributed by atoms with van der Waals surface area (Å²) in [6.45, 7) is 3.04. The third-order valence-electron chi connectivity index (χ3n) is 3.83. The highest BCUT2D eigenvalue weighted by Gasteiger charge is 2.34. The van der Waals surface area contributed by atoms with Gasteiger partial charge in [0.2, 0.25) is 5.91 Å². The predicted molar refractivity (Wildman–Crippen MR) is 101 cm³/mol. The molecule has 0 spiro atoms. The van der Waals surface area contributed by atoms with Gasteiger partial charge < -0.3 is 11.1 Å². The van der Waals surface area contributed by atoms with Crippen LogP contribution < -0.4 is 11.1 Å². The molecular formula is C16H13BrF3N5O2S. The minimum Gasteiger partial charge on any atom is -0.365 e. The number of carbonyl (C=O) groups excluding carboxylic acids is 2. The molecular weight excluding hydrogens is 463 g/mol. The molecule has 0 aliphatic rings. The Morgan fingerprint density at radius 2 is 2.04 bits per heavy atom. The fourth-order valence-corrected chi connectivity index (χ4v) is 4.00. The average Bonchev–Trinajstić information content (AvgIpc) is 3.07. The highest BCUT2D eigenvalue weighted by Crippen LogP contribution is 2.39. The molecule has 0 radical (unpaired) electrons. The first-order valence-electron chi connectivity index (χ1n) is 7.78. The molecule has 3 aromatic rings. The molecule has 3 N–H and O–H groups in total. The van der Waals surface area contributed by atoms with Gasteiger partial charge in [0.25, 0.3) is 5.91 Å². The number of rotatable bonds is 4. The van der Waals surface area contributed by atoms with Crippen molar-refractivity contribution in [3.63, 3.8) is 0 Å². The fraction of sp³-hybridized carbons (Fsp3) is 0.250. The molecule has 28 heavy (non-hydrogen) atoms. The average molecular weight is 476 g/mol. The molecule has 3 aromatic heterocycles. The van der Waals surface area contributed by atoms with Crippen LogP contribution >= 0.6 is 27.3 Å². The van der Waals surface area contributed by atoms with Crippen molar-refractivity contribution in [2.45, 2.75) is 26.6 Å². The van der Waals surface area contributed by atoms with E-state index in [1.807, 2.05) is 0 Å². The number of primary amides is 1. The first-order chi connectivity index (χ1) is 13.0. The van der Waals surface area contributed by atoms with Crippen LogP contribution in [0.25, 0.3) is 10.2 Å². The van der Waals surface area contributed by atoms with E-state index in [0.29, 0.717) is 17.0 Å². The number of nitrogens with one attached hydrogen (secondary N) is 1. The van der Waals surface area contributed by atoms with Gasteiger partial charge in [-0.2, -0.15) is 18.3 Å². The van der Waals surface area contributed by atoms with E-state index in [9.17, 15) is 22.8 Å². The molecule has 0 aromatic carbocycles. The van der Waals surface area contributed by atoms with E-state index in [0.717, 1.165) is 10.5 Å². The Hall–Kier alpha value is -2.47. The topological polar surface area (TPSA) is 103 Å². The van der Waals surface area contributed by atoms with E-state index in [1.54, 1.807) is 13.1 Å². The van der Waals surface area contributed by atoms with Crippen LogP contribution in [0.4, 0.5) is 18.9 Å². The molecule has 3 rings (SSSR count). The Labute approximate surface area is 168 Å². The number of alkyl halides is 3. The first kappa shape index (κ1) is 20.3. The van der Waals surface area contributed by atoms with E-state index >= 15 is 0 Å². The third-order valence-corrected chi connectivity index (χ3v) is 5.71. The Balaban J connectivity index is 2.02. The van der Waals surface area contributed by atoms with Crippen LogP contribution in [0.5, 0.6) is 0 Å². The van der Waals surface area contributed by atoms with Crippen LogP contribution in [0.3, 0.4) is 0 Å². The summed E-state index contributed by atoms with van der Waals surface area (Å²) in [6, 6.07) is 0.865. The van der Waals surface area contributed by atoms with Crippen LogP contribution in [-0.4, -0.2) is 26.6 Å². The van der Waals surface area contributed by atoms with Crippen LogP contribution in [0.15, 0.2) is 16.7 Å². The zero-order valence-electron chi connectivity index (χ0n) is 14.5. The summed E-state index contributed by atoms with van der Waals surface area (Å²) < 4.78 is 41.2. The zero-order valence-corrected chi connectivity index (χ0v) is 16.9. The quantitative estimate of drug-likeness (QED) is 0.601. The molecule has 12 heteroatoms. The maximum atomic E-state index is 13.0. The second kappa shape index (κ2) is 7.17. The lowest BCUT2D eigenvalue weighted by Crippen LogP contribution is -2.21. The minimum absolute atomic E-state index is 0.0332. The summed E-state index contributed by atoms with van der Waals surface area (Å²) in [5.41, 5.74) is 5.23. The van der Waals surface area contributed by atoms with Crippen LogP contribution in [0.2, 0.25) is 0 Å². The molecule has 0 bridgehead atoms. The van der Waals surface area contributed by atoms with Crippen LogP contribution in [0, 0.1) is 13.8 Å². The molecule has 0 saturated carbocycles. The van der Waals surface area contributed by atoms with Gasteiger partial charge in [0.1, 0.15) is 21.9 Å². The maximum Gasteiger partial charge on any atom is 0.433 e. The monoisotopic (exact) mass is 475 g/mol. The minimum atomic E-state index is -4.63. The van der Waals surface area contributed by atoms with Gasteiger partial charge in [-0.25, -0.2) is 4.98 Å². The molecule has 7 nitrogen and oxygen atoms in total. The predicted octanol–water partition coefficient (Wildman–Crippen LogP) is 3.63. The number of nitrogens with two attached hydrogens (primary N) is 1. The third kappa shape index (κ3) is 3.87. The number of hydrogen-bond donors (Lipinski definition) is 2. The molecule has 0 fully saturated rings. The summed E-state index contributed by atoms with van der Waals surface area (Å²) in [6.07, 6.45) is -3.03. The number of amides is 2. The van der Waals surface area contributed by atoms with Gasteiger partial charge in [-0.15, -0.1) is 11.3 Å². The Bertz CT molecular complexity index is 1090. The number of aromatic nitrogens is 3. The highest BCUT2D eigenvalue weighted by molar-refractivity contribution is 9.10.